The lowest BCUT2D eigenvalue weighted by molar-refractivity contribution is 0.391. The van der Waals surface area contributed by atoms with E-state index < -0.39 is 0 Å². The van der Waals surface area contributed by atoms with E-state index in [4.69, 9.17) is 9.52 Å². The second kappa shape index (κ2) is 9.40. The summed E-state index contributed by atoms with van der Waals surface area (Å²) in [4.78, 5) is 4.72. The van der Waals surface area contributed by atoms with Crippen LogP contribution in [0.4, 0.5) is 0 Å². The number of nitrogens with one attached hydrogen (secondary N) is 2. The predicted octanol–water partition coefficient (Wildman–Crippen LogP) is 2.85. The summed E-state index contributed by atoms with van der Waals surface area (Å²) in [6.07, 6.45) is 0.992. The SMILES string of the molecule is CCNC(=NCC(C)c1c(C)noc1C)NCCCn1nc(C)cc1C. The molecule has 2 aromatic rings. The van der Waals surface area contributed by atoms with Gasteiger partial charge in [-0.25, -0.2) is 0 Å². The number of aryl methyl sites for hydroxylation is 5. The Balaban J connectivity index is 1.85. The molecule has 2 N–H and O–H groups in total. The van der Waals surface area contributed by atoms with Crippen molar-refractivity contribution in [1.82, 2.24) is 25.6 Å². The third-order valence-electron chi connectivity index (χ3n) is 4.39. The Hall–Kier alpha value is -2.31. The average Bonchev–Trinajstić information content (AvgIpc) is 3.09. The molecule has 0 amide bonds. The highest BCUT2D eigenvalue weighted by molar-refractivity contribution is 5.79. The fourth-order valence-corrected chi connectivity index (χ4v) is 3.19. The number of rotatable bonds is 8. The van der Waals surface area contributed by atoms with Crippen molar-refractivity contribution in [1.29, 1.82) is 0 Å². The first-order valence-corrected chi connectivity index (χ1v) is 9.38. The summed E-state index contributed by atoms with van der Waals surface area (Å²) in [6, 6.07) is 2.11. The third-order valence-corrected chi connectivity index (χ3v) is 4.39. The van der Waals surface area contributed by atoms with Crippen LogP contribution >= 0.6 is 0 Å². The molecule has 2 rings (SSSR count). The maximum absolute atomic E-state index is 5.27. The van der Waals surface area contributed by atoms with Crippen LogP contribution in [0.2, 0.25) is 0 Å². The molecule has 2 aromatic heterocycles. The van der Waals surface area contributed by atoms with Crippen molar-refractivity contribution in [3.8, 4) is 0 Å². The van der Waals surface area contributed by atoms with E-state index in [9.17, 15) is 0 Å². The molecule has 144 valence electrons. The van der Waals surface area contributed by atoms with Crippen LogP contribution in [0.5, 0.6) is 0 Å². The number of guanidine groups is 1. The van der Waals surface area contributed by atoms with E-state index in [0.29, 0.717) is 6.54 Å². The molecule has 0 aromatic carbocycles. The van der Waals surface area contributed by atoms with Gasteiger partial charge in [0.15, 0.2) is 5.96 Å². The highest BCUT2D eigenvalue weighted by atomic mass is 16.5. The van der Waals surface area contributed by atoms with Gasteiger partial charge in [-0.3, -0.25) is 9.67 Å². The van der Waals surface area contributed by atoms with E-state index >= 15 is 0 Å². The summed E-state index contributed by atoms with van der Waals surface area (Å²) in [6.45, 7) is 15.6. The Bertz CT molecular complexity index is 711. The van der Waals surface area contributed by atoms with Crippen molar-refractivity contribution in [2.24, 2.45) is 4.99 Å². The van der Waals surface area contributed by atoms with E-state index in [1.165, 1.54) is 5.69 Å². The normalized spacial score (nSPS) is 13.1. The van der Waals surface area contributed by atoms with Crippen LogP contribution in [0, 0.1) is 27.7 Å². The van der Waals surface area contributed by atoms with Gasteiger partial charge in [0.1, 0.15) is 5.76 Å². The Kier molecular flexibility index (Phi) is 7.24. The fourth-order valence-electron chi connectivity index (χ4n) is 3.19. The quantitative estimate of drug-likeness (QED) is 0.430. The van der Waals surface area contributed by atoms with Gasteiger partial charge in [0.2, 0.25) is 0 Å². The molecular weight excluding hydrogens is 328 g/mol. The molecule has 7 heteroatoms. The second-order valence-electron chi connectivity index (χ2n) is 6.79. The van der Waals surface area contributed by atoms with Gasteiger partial charge >= 0.3 is 0 Å². The molecule has 7 nitrogen and oxygen atoms in total. The number of aliphatic imine (C=N–C) groups is 1. The fraction of sp³-hybridized carbons (Fsp3) is 0.632. The average molecular weight is 361 g/mol. The molecule has 0 spiro atoms. The largest absolute Gasteiger partial charge is 0.361 e. The van der Waals surface area contributed by atoms with Crippen LogP contribution < -0.4 is 10.6 Å². The molecule has 0 bridgehead atoms. The first kappa shape index (κ1) is 20.0. The lowest BCUT2D eigenvalue weighted by Crippen LogP contribution is -2.38. The lowest BCUT2D eigenvalue weighted by Gasteiger charge is -2.14. The minimum Gasteiger partial charge on any atom is -0.361 e. The van der Waals surface area contributed by atoms with Crippen molar-refractivity contribution >= 4 is 5.96 Å². The van der Waals surface area contributed by atoms with Crippen molar-refractivity contribution < 1.29 is 4.52 Å². The zero-order chi connectivity index (χ0) is 19.1. The number of hydrogen-bond donors (Lipinski definition) is 2. The van der Waals surface area contributed by atoms with Crippen molar-refractivity contribution in [2.75, 3.05) is 19.6 Å². The van der Waals surface area contributed by atoms with E-state index in [0.717, 1.165) is 54.7 Å². The maximum Gasteiger partial charge on any atom is 0.191 e. The van der Waals surface area contributed by atoms with Gasteiger partial charge in [0.25, 0.3) is 0 Å². The van der Waals surface area contributed by atoms with Crippen LogP contribution in [0.25, 0.3) is 0 Å². The van der Waals surface area contributed by atoms with E-state index in [1.807, 2.05) is 20.8 Å². The summed E-state index contributed by atoms with van der Waals surface area (Å²) >= 11 is 0. The molecular formula is C19H32N6O. The standard InChI is InChI=1S/C19H32N6O/c1-7-20-19(21-9-8-10-25-15(4)11-14(3)23-25)22-12-13(2)18-16(5)24-26-17(18)6/h11,13H,7-10,12H2,1-6H3,(H2,20,21,22). The monoisotopic (exact) mass is 360 g/mol. The van der Waals surface area contributed by atoms with E-state index in [1.54, 1.807) is 0 Å². The Labute approximate surface area is 156 Å². The van der Waals surface area contributed by atoms with Crippen molar-refractivity contribution in [2.45, 2.75) is 60.4 Å². The number of hydrogen-bond acceptors (Lipinski definition) is 4. The minimum atomic E-state index is 0.270. The summed E-state index contributed by atoms with van der Waals surface area (Å²) < 4.78 is 7.32. The molecule has 0 radical (unpaired) electrons. The minimum absolute atomic E-state index is 0.270. The maximum atomic E-state index is 5.27. The predicted molar refractivity (Wildman–Crippen MR) is 105 cm³/mol. The Morgan fingerprint density at radius 2 is 2.04 bits per heavy atom. The van der Waals surface area contributed by atoms with Gasteiger partial charge in [-0.1, -0.05) is 12.1 Å². The molecule has 0 aliphatic rings. The van der Waals surface area contributed by atoms with Crippen molar-refractivity contribution in [3.05, 3.63) is 34.5 Å². The van der Waals surface area contributed by atoms with Crippen LogP contribution in [0.1, 0.15) is 54.6 Å². The van der Waals surface area contributed by atoms with Gasteiger partial charge in [0.05, 0.1) is 11.4 Å². The highest BCUT2D eigenvalue weighted by Crippen LogP contribution is 2.23. The van der Waals surface area contributed by atoms with Gasteiger partial charge in [-0.2, -0.15) is 5.10 Å². The first-order valence-electron chi connectivity index (χ1n) is 9.38. The van der Waals surface area contributed by atoms with Crippen LogP contribution in [0.3, 0.4) is 0 Å². The lowest BCUT2D eigenvalue weighted by atomic mass is 10.00. The Morgan fingerprint density at radius 1 is 1.27 bits per heavy atom. The second-order valence-corrected chi connectivity index (χ2v) is 6.79. The van der Waals surface area contributed by atoms with Gasteiger partial charge in [0, 0.05) is 43.4 Å². The zero-order valence-electron chi connectivity index (χ0n) is 16.9. The molecule has 1 atom stereocenters. The summed E-state index contributed by atoms with van der Waals surface area (Å²) in [7, 11) is 0. The first-order chi connectivity index (χ1) is 12.4. The molecule has 26 heavy (non-hydrogen) atoms. The van der Waals surface area contributed by atoms with E-state index in [2.05, 4.69) is 52.4 Å². The number of nitrogens with zero attached hydrogens (tertiary/aromatic N) is 4. The smallest absolute Gasteiger partial charge is 0.191 e. The van der Waals surface area contributed by atoms with E-state index in [-0.39, 0.29) is 5.92 Å². The summed E-state index contributed by atoms with van der Waals surface area (Å²) in [5, 5.41) is 15.2. The molecule has 1 unspecified atom stereocenters. The number of aromatic nitrogens is 3. The molecule has 0 aliphatic carbocycles. The van der Waals surface area contributed by atoms with Crippen molar-refractivity contribution in [3.63, 3.8) is 0 Å². The molecule has 0 aliphatic heterocycles. The molecule has 0 saturated carbocycles. The van der Waals surface area contributed by atoms with Gasteiger partial charge in [-0.05, 0) is 47.1 Å². The Morgan fingerprint density at radius 3 is 2.62 bits per heavy atom. The molecule has 0 fully saturated rings. The third kappa shape index (κ3) is 5.34. The highest BCUT2D eigenvalue weighted by Gasteiger charge is 2.16. The van der Waals surface area contributed by atoms with Crippen LogP contribution in [0.15, 0.2) is 15.6 Å². The topological polar surface area (TPSA) is 80.3 Å². The molecule has 2 heterocycles. The zero-order valence-corrected chi connectivity index (χ0v) is 16.9. The summed E-state index contributed by atoms with van der Waals surface area (Å²) in [5.41, 5.74) is 4.39. The van der Waals surface area contributed by atoms with Crippen LogP contribution in [-0.2, 0) is 6.54 Å². The summed E-state index contributed by atoms with van der Waals surface area (Å²) in [5.74, 6) is 2.00. The molecule has 0 saturated heterocycles. The van der Waals surface area contributed by atoms with Gasteiger partial charge in [-0.15, -0.1) is 0 Å². The van der Waals surface area contributed by atoms with Gasteiger partial charge < -0.3 is 15.2 Å². The van der Waals surface area contributed by atoms with Crippen LogP contribution in [-0.4, -0.2) is 40.5 Å².